The highest BCUT2D eigenvalue weighted by Crippen LogP contribution is 2.49. The van der Waals surface area contributed by atoms with Crippen LogP contribution in [0.25, 0.3) is 0 Å². The van der Waals surface area contributed by atoms with Crippen molar-refractivity contribution in [3.8, 4) is 0 Å². The van der Waals surface area contributed by atoms with E-state index in [4.69, 9.17) is 14.2 Å². The largest absolute Gasteiger partial charge is 0.385 e. The second kappa shape index (κ2) is 8.75. The van der Waals surface area contributed by atoms with Gasteiger partial charge in [0.05, 0.1) is 24.9 Å². The predicted octanol–water partition coefficient (Wildman–Crippen LogP) is 4.08. The maximum absolute atomic E-state index is 14.1. The molecule has 30 heavy (non-hydrogen) atoms. The second-order valence-electron chi connectivity index (χ2n) is 8.77. The molecule has 0 radical (unpaired) electrons. The van der Waals surface area contributed by atoms with E-state index in [1.807, 2.05) is 6.07 Å². The van der Waals surface area contributed by atoms with Crippen molar-refractivity contribution < 1.29 is 18.6 Å². The van der Waals surface area contributed by atoms with Crippen LogP contribution in [0.3, 0.4) is 0 Å². The number of ether oxygens (including phenoxy) is 3. The number of nitrogens with zero attached hydrogens (tertiary/aromatic N) is 1. The molecule has 1 unspecified atom stereocenters. The number of fused-ring (bicyclic) bond motifs is 5. The molecule has 2 aromatic carbocycles. The molecule has 5 heteroatoms. The molecule has 0 N–H and O–H groups in total. The molecule has 2 aliphatic heterocycles. The van der Waals surface area contributed by atoms with Crippen LogP contribution >= 0.6 is 0 Å². The molecular weight excluding hydrogens is 381 g/mol. The first-order valence-electron chi connectivity index (χ1n) is 11.1. The Hall–Kier alpha value is -1.79. The van der Waals surface area contributed by atoms with Gasteiger partial charge in [-0.3, -0.25) is 4.90 Å². The number of morpholine rings is 1. The van der Waals surface area contributed by atoms with E-state index in [-0.39, 0.29) is 30.0 Å². The minimum absolute atomic E-state index is 0.0744. The number of hydrogen-bond acceptors (Lipinski definition) is 4. The number of hydrogen-bond donors (Lipinski definition) is 0. The van der Waals surface area contributed by atoms with Crippen molar-refractivity contribution in [2.45, 2.75) is 43.5 Å². The molecule has 4 nitrogen and oxygen atoms in total. The van der Waals surface area contributed by atoms with Crippen LogP contribution in [0.2, 0.25) is 0 Å². The lowest BCUT2D eigenvalue weighted by Gasteiger charge is -2.34. The van der Waals surface area contributed by atoms with Gasteiger partial charge in [-0.05, 0) is 53.6 Å². The summed E-state index contributed by atoms with van der Waals surface area (Å²) in [5.74, 6) is 0.0965. The summed E-state index contributed by atoms with van der Waals surface area (Å²) in [4.78, 5) is 2.46. The molecule has 2 fully saturated rings. The van der Waals surface area contributed by atoms with E-state index in [0.29, 0.717) is 0 Å². The molecule has 3 aliphatic rings. The fraction of sp³-hybridized carbons (Fsp3) is 0.520. The fourth-order valence-electron chi connectivity index (χ4n) is 5.37. The van der Waals surface area contributed by atoms with Crippen LogP contribution in [0.1, 0.15) is 47.1 Å². The Labute approximate surface area is 177 Å². The molecule has 0 aromatic heterocycles. The summed E-state index contributed by atoms with van der Waals surface area (Å²) in [6, 6.07) is 13.9. The van der Waals surface area contributed by atoms with Gasteiger partial charge in [-0.1, -0.05) is 30.3 Å². The van der Waals surface area contributed by atoms with Crippen molar-refractivity contribution >= 4 is 0 Å². The summed E-state index contributed by atoms with van der Waals surface area (Å²) < 4.78 is 31.9. The highest BCUT2D eigenvalue weighted by atomic mass is 19.1. The normalized spacial score (nSPS) is 28.5. The van der Waals surface area contributed by atoms with E-state index in [1.54, 1.807) is 19.2 Å². The van der Waals surface area contributed by atoms with Crippen LogP contribution in [-0.4, -0.2) is 57.1 Å². The van der Waals surface area contributed by atoms with E-state index >= 15 is 0 Å². The van der Waals surface area contributed by atoms with Crippen molar-refractivity contribution in [1.82, 2.24) is 4.90 Å². The van der Waals surface area contributed by atoms with Crippen LogP contribution in [0.4, 0.5) is 4.39 Å². The molecule has 0 spiro atoms. The average molecular weight is 412 g/mol. The zero-order valence-electron chi connectivity index (χ0n) is 17.6. The predicted molar refractivity (Wildman–Crippen MR) is 113 cm³/mol. The summed E-state index contributed by atoms with van der Waals surface area (Å²) in [6.45, 7) is 4.22. The molecule has 0 saturated carbocycles. The number of benzene rings is 2. The van der Waals surface area contributed by atoms with Crippen LogP contribution in [0.5, 0.6) is 0 Å². The summed E-state index contributed by atoms with van der Waals surface area (Å²) in [7, 11) is 1.73. The molecule has 2 aromatic rings. The standard InChI is InChI=1S/C25H30FNO3/c1-28-10-8-20-15-27(9-11-29-20)16-21-14-24-22-5-3-2-4-17(22)12-18-6-7-19(26)13-23(18)25(24)30-21/h2-7,13,20-21,24-25H,8-12,14-16H2,1H3/t20?,21-,24-,25+/m1/s1. The number of methoxy groups -OCH3 is 1. The SMILES string of the molecule is COCCC1CN(C[C@H]2C[C@@H]3c4ccccc4Cc4ccc(F)cc4[C@@H]3O2)CCO1. The van der Waals surface area contributed by atoms with Gasteiger partial charge in [-0.25, -0.2) is 4.39 Å². The molecule has 2 saturated heterocycles. The molecule has 0 bridgehead atoms. The highest BCUT2D eigenvalue weighted by Gasteiger charge is 2.41. The first-order chi connectivity index (χ1) is 14.7. The molecule has 160 valence electrons. The number of rotatable bonds is 5. The lowest BCUT2D eigenvalue weighted by Crippen LogP contribution is -2.45. The van der Waals surface area contributed by atoms with Crippen molar-refractivity contribution in [3.63, 3.8) is 0 Å². The Morgan fingerprint density at radius 1 is 1.10 bits per heavy atom. The molecule has 2 heterocycles. The molecule has 4 atom stereocenters. The minimum atomic E-state index is -0.181. The Morgan fingerprint density at radius 3 is 2.87 bits per heavy atom. The monoisotopic (exact) mass is 411 g/mol. The van der Waals surface area contributed by atoms with Crippen LogP contribution < -0.4 is 0 Å². The van der Waals surface area contributed by atoms with E-state index in [9.17, 15) is 4.39 Å². The fourth-order valence-corrected chi connectivity index (χ4v) is 5.37. The first kappa shape index (κ1) is 20.1. The molecular formula is C25H30FNO3. The van der Waals surface area contributed by atoms with Gasteiger partial charge < -0.3 is 14.2 Å². The van der Waals surface area contributed by atoms with Gasteiger partial charge in [0.2, 0.25) is 0 Å². The van der Waals surface area contributed by atoms with Gasteiger partial charge in [0.1, 0.15) is 5.82 Å². The summed E-state index contributed by atoms with van der Waals surface area (Å²) in [5.41, 5.74) is 4.91. The third-order valence-electron chi connectivity index (χ3n) is 6.80. The van der Waals surface area contributed by atoms with Gasteiger partial charge in [0.25, 0.3) is 0 Å². The third-order valence-corrected chi connectivity index (χ3v) is 6.80. The van der Waals surface area contributed by atoms with E-state index in [1.165, 1.54) is 16.7 Å². The zero-order chi connectivity index (χ0) is 20.5. The van der Waals surface area contributed by atoms with Gasteiger partial charge in [0, 0.05) is 39.3 Å². The van der Waals surface area contributed by atoms with Crippen molar-refractivity contribution in [2.75, 3.05) is 40.0 Å². The van der Waals surface area contributed by atoms with E-state index < -0.39 is 0 Å². The van der Waals surface area contributed by atoms with Gasteiger partial charge in [-0.2, -0.15) is 0 Å². The second-order valence-corrected chi connectivity index (χ2v) is 8.77. The Morgan fingerprint density at radius 2 is 1.97 bits per heavy atom. The topological polar surface area (TPSA) is 30.9 Å². The number of halogens is 1. The summed E-state index contributed by atoms with van der Waals surface area (Å²) in [6.07, 6.45) is 3.03. The maximum atomic E-state index is 14.1. The Kier molecular flexibility index (Phi) is 5.87. The van der Waals surface area contributed by atoms with Crippen molar-refractivity contribution in [3.05, 3.63) is 70.5 Å². The Bertz CT molecular complexity index is 888. The zero-order valence-corrected chi connectivity index (χ0v) is 17.6. The molecule has 5 rings (SSSR count). The highest BCUT2D eigenvalue weighted by molar-refractivity contribution is 5.45. The first-order valence-corrected chi connectivity index (χ1v) is 11.1. The van der Waals surface area contributed by atoms with Crippen LogP contribution in [0.15, 0.2) is 42.5 Å². The summed E-state index contributed by atoms with van der Waals surface area (Å²) >= 11 is 0. The lowest BCUT2D eigenvalue weighted by atomic mass is 9.87. The lowest BCUT2D eigenvalue weighted by molar-refractivity contribution is -0.0586. The van der Waals surface area contributed by atoms with Gasteiger partial charge in [-0.15, -0.1) is 0 Å². The molecule has 0 amide bonds. The van der Waals surface area contributed by atoms with Gasteiger partial charge in [0.15, 0.2) is 0 Å². The van der Waals surface area contributed by atoms with E-state index in [0.717, 1.165) is 57.7 Å². The van der Waals surface area contributed by atoms with E-state index in [2.05, 4.69) is 29.2 Å². The van der Waals surface area contributed by atoms with Crippen LogP contribution in [0, 0.1) is 5.82 Å². The minimum Gasteiger partial charge on any atom is -0.385 e. The average Bonchev–Trinajstić information content (AvgIpc) is 3.12. The maximum Gasteiger partial charge on any atom is 0.123 e. The van der Waals surface area contributed by atoms with Gasteiger partial charge >= 0.3 is 0 Å². The van der Waals surface area contributed by atoms with Crippen molar-refractivity contribution in [2.24, 2.45) is 0 Å². The summed E-state index contributed by atoms with van der Waals surface area (Å²) in [5, 5.41) is 0. The smallest absolute Gasteiger partial charge is 0.123 e. The third kappa shape index (κ3) is 4.04. The quantitative estimate of drug-likeness (QED) is 0.742. The Balaban J connectivity index is 1.36. The van der Waals surface area contributed by atoms with Crippen molar-refractivity contribution in [1.29, 1.82) is 0 Å². The van der Waals surface area contributed by atoms with Crippen LogP contribution in [-0.2, 0) is 20.6 Å². The molecule has 1 aliphatic carbocycles.